The number of carbonyl (C=O) groups excluding carboxylic acids is 2. The van der Waals surface area contributed by atoms with Gasteiger partial charge in [-0.3, -0.25) is 9.59 Å². The van der Waals surface area contributed by atoms with Crippen molar-refractivity contribution in [3.05, 3.63) is 45.8 Å². The summed E-state index contributed by atoms with van der Waals surface area (Å²) in [5, 5.41) is 3.37. The Bertz CT molecular complexity index is 721. The molecule has 0 aliphatic carbocycles. The van der Waals surface area contributed by atoms with Gasteiger partial charge >= 0.3 is 0 Å². The van der Waals surface area contributed by atoms with Crippen LogP contribution in [-0.4, -0.2) is 17.6 Å². The minimum Gasteiger partial charge on any atom is -0.365 e. The average molecular weight is 348 g/mol. The lowest BCUT2D eigenvalue weighted by Gasteiger charge is -2.05. The molecule has 0 aliphatic rings. The van der Waals surface area contributed by atoms with E-state index in [-0.39, 0.29) is 5.91 Å². The summed E-state index contributed by atoms with van der Waals surface area (Å²) in [4.78, 5) is 25.8. The van der Waals surface area contributed by atoms with Crippen LogP contribution in [0.5, 0.6) is 0 Å². The maximum atomic E-state index is 12.1. The Morgan fingerprint density at radius 1 is 1.17 bits per heavy atom. The highest BCUT2D eigenvalue weighted by atomic mass is 32.2. The minimum atomic E-state index is -0.504. The molecule has 0 saturated carbocycles. The summed E-state index contributed by atoms with van der Waals surface area (Å²) in [6.45, 7) is 5.80. The molecule has 1 aromatic heterocycles. The lowest BCUT2D eigenvalue weighted by atomic mass is 10.1. The van der Waals surface area contributed by atoms with Crippen molar-refractivity contribution in [1.29, 1.82) is 0 Å². The van der Waals surface area contributed by atoms with Crippen molar-refractivity contribution in [2.75, 3.05) is 11.1 Å². The third-order valence-electron chi connectivity index (χ3n) is 3.50. The van der Waals surface area contributed by atoms with Gasteiger partial charge in [-0.1, -0.05) is 17.7 Å². The van der Waals surface area contributed by atoms with Crippen LogP contribution in [0.4, 0.5) is 5.00 Å². The molecule has 1 heterocycles. The molecule has 0 saturated heterocycles. The Hall–Kier alpha value is -1.79. The standard InChI is InChI=1S/C17H20N2O2S2/c1-10-4-6-13(7-5-10)22-9-8-14(20)19-17-15(16(18)21)11(2)12(3)23-17/h4-7H,8-9H2,1-3H3,(H2,18,21)(H,19,20). The smallest absolute Gasteiger partial charge is 0.251 e. The van der Waals surface area contributed by atoms with Gasteiger partial charge in [0.05, 0.1) is 5.56 Å². The fourth-order valence-corrected chi connectivity index (χ4v) is 4.03. The van der Waals surface area contributed by atoms with Crippen molar-refractivity contribution < 1.29 is 9.59 Å². The summed E-state index contributed by atoms with van der Waals surface area (Å²) in [5.41, 5.74) is 7.89. The highest BCUT2D eigenvalue weighted by Crippen LogP contribution is 2.32. The molecule has 2 rings (SSSR count). The first-order valence-corrected chi connectivity index (χ1v) is 9.07. The van der Waals surface area contributed by atoms with Crippen molar-refractivity contribution >= 4 is 39.9 Å². The van der Waals surface area contributed by atoms with Crippen LogP contribution >= 0.6 is 23.1 Å². The number of hydrogen-bond acceptors (Lipinski definition) is 4. The van der Waals surface area contributed by atoms with E-state index in [1.165, 1.54) is 16.9 Å². The molecule has 0 spiro atoms. The van der Waals surface area contributed by atoms with Gasteiger partial charge in [0.15, 0.2) is 0 Å². The number of anilines is 1. The van der Waals surface area contributed by atoms with Gasteiger partial charge in [0.2, 0.25) is 5.91 Å². The Labute approximate surface area is 144 Å². The lowest BCUT2D eigenvalue weighted by molar-refractivity contribution is -0.115. The molecule has 23 heavy (non-hydrogen) atoms. The van der Waals surface area contributed by atoms with Crippen molar-refractivity contribution in [2.45, 2.75) is 32.1 Å². The first kappa shape index (κ1) is 17.6. The minimum absolute atomic E-state index is 0.103. The van der Waals surface area contributed by atoms with Crippen LogP contribution in [0.2, 0.25) is 0 Å². The summed E-state index contributed by atoms with van der Waals surface area (Å²) in [6.07, 6.45) is 0.382. The van der Waals surface area contributed by atoms with Crippen LogP contribution in [0, 0.1) is 20.8 Å². The van der Waals surface area contributed by atoms with Crippen LogP contribution in [0.3, 0.4) is 0 Å². The van der Waals surface area contributed by atoms with Crippen molar-refractivity contribution in [1.82, 2.24) is 0 Å². The third kappa shape index (κ3) is 4.59. The number of rotatable bonds is 6. The molecule has 0 fully saturated rings. The predicted molar refractivity (Wildman–Crippen MR) is 97.5 cm³/mol. The van der Waals surface area contributed by atoms with Gasteiger partial charge in [-0.05, 0) is 38.5 Å². The van der Waals surface area contributed by atoms with E-state index in [9.17, 15) is 9.59 Å². The van der Waals surface area contributed by atoms with Gasteiger partial charge in [-0.15, -0.1) is 23.1 Å². The lowest BCUT2D eigenvalue weighted by Crippen LogP contribution is -2.17. The van der Waals surface area contributed by atoms with Gasteiger partial charge in [-0.2, -0.15) is 0 Å². The highest BCUT2D eigenvalue weighted by molar-refractivity contribution is 7.99. The van der Waals surface area contributed by atoms with Crippen LogP contribution in [-0.2, 0) is 4.79 Å². The van der Waals surface area contributed by atoms with E-state index in [1.54, 1.807) is 11.8 Å². The average Bonchev–Trinajstić information content (AvgIpc) is 2.75. The molecule has 0 unspecified atom stereocenters. The molecular weight excluding hydrogens is 328 g/mol. The maximum Gasteiger partial charge on any atom is 0.251 e. The fourth-order valence-electron chi connectivity index (χ4n) is 2.10. The fraction of sp³-hybridized carbons (Fsp3) is 0.294. The number of amides is 2. The molecule has 122 valence electrons. The van der Waals surface area contributed by atoms with Gasteiger partial charge in [0.1, 0.15) is 5.00 Å². The number of nitrogens with two attached hydrogens (primary N) is 1. The van der Waals surface area contributed by atoms with Crippen molar-refractivity contribution in [3.8, 4) is 0 Å². The summed E-state index contributed by atoms with van der Waals surface area (Å²) in [5.74, 6) is 0.0778. The Balaban J connectivity index is 1.91. The van der Waals surface area contributed by atoms with E-state index < -0.39 is 5.91 Å². The largest absolute Gasteiger partial charge is 0.365 e. The number of primary amides is 1. The molecule has 0 atom stereocenters. The number of benzene rings is 1. The molecule has 3 N–H and O–H groups in total. The molecule has 6 heteroatoms. The van der Waals surface area contributed by atoms with Crippen LogP contribution in [0.25, 0.3) is 0 Å². The van der Waals surface area contributed by atoms with Gasteiger partial charge in [0, 0.05) is 21.9 Å². The molecule has 2 amide bonds. The first-order chi connectivity index (χ1) is 10.9. The normalized spacial score (nSPS) is 10.6. The van der Waals surface area contributed by atoms with E-state index in [0.29, 0.717) is 22.7 Å². The number of aryl methyl sites for hydroxylation is 2. The number of nitrogens with one attached hydrogen (secondary N) is 1. The second-order valence-electron chi connectivity index (χ2n) is 5.31. The summed E-state index contributed by atoms with van der Waals surface area (Å²) < 4.78 is 0. The predicted octanol–water partition coefficient (Wildman–Crippen LogP) is 3.89. The van der Waals surface area contributed by atoms with Crippen LogP contribution in [0.15, 0.2) is 29.2 Å². The Kier molecular flexibility index (Phi) is 5.85. The highest BCUT2D eigenvalue weighted by Gasteiger charge is 2.18. The Morgan fingerprint density at radius 2 is 1.83 bits per heavy atom. The van der Waals surface area contributed by atoms with E-state index >= 15 is 0 Å². The molecule has 4 nitrogen and oxygen atoms in total. The van der Waals surface area contributed by atoms with Gasteiger partial charge in [0.25, 0.3) is 5.91 Å². The molecule has 1 aromatic carbocycles. The molecule has 0 bridgehead atoms. The second-order valence-corrected chi connectivity index (χ2v) is 7.70. The zero-order valence-electron chi connectivity index (χ0n) is 13.4. The molecule has 0 aliphatic heterocycles. The summed E-state index contributed by atoms with van der Waals surface area (Å²) >= 11 is 3.03. The second kappa shape index (κ2) is 7.66. The van der Waals surface area contributed by atoms with Gasteiger partial charge in [-0.25, -0.2) is 0 Å². The van der Waals surface area contributed by atoms with Gasteiger partial charge < -0.3 is 11.1 Å². The monoisotopic (exact) mass is 348 g/mol. The number of carbonyl (C=O) groups is 2. The van der Waals surface area contributed by atoms with Crippen LogP contribution in [0.1, 0.15) is 32.8 Å². The van der Waals surface area contributed by atoms with Crippen molar-refractivity contribution in [2.24, 2.45) is 5.73 Å². The Morgan fingerprint density at radius 3 is 2.43 bits per heavy atom. The molecule has 0 radical (unpaired) electrons. The van der Waals surface area contributed by atoms with Crippen LogP contribution < -0.4 is 11.1 Å². The SMILES string of the molecule is Cc1ccc(SCCC(=O)Nc2sc(C)c(C)c2C(N)=O)cc1. The summed E-state index contributed by atoms with van der Waals surface area (Å²) in [6, 6.07) is 8.21. The van der Waals surface area contributed by atoms with E-state index in [2.05, 4.69) is 29.6 Å². The third-order valence-corrected chi connectivity index (χ3v) is 5.64. The quantitative estimate of drug-likeness (QED) is 0.778. The number of hydrogen-bond donors (Lipinski definition) is 2. The maximum absolute atomic E-state index is 12.1. The number of thioether (sulfide) groups is 1. The first-order valence-electron chi connectivity index (χ1n) is 7.27. The van der Waals surface area contributed by atoms with Crippen molar-refractivity contribution in [3.63, 3.8) is 0 Å². The van der Waals surface area contributed by atoms with E-state index in [1.807, 2.05) is 20.8 Å². The number of thiophene rings is 1. The van der Waals surface area contributed by atoms with E-state index in [0.717, 1.165) is 15.3 Å². The molecular formula is C17H20N2O2S2. The topological polar surface area (TPSA) is 72.2 Å². The molecule has 2 aromatic rings. The zero-order chi connectivity index (χ0) is 17.0. The van der Waals surface area contributed by atoms with E-state index in [4.69, 9.17) is 5.73 Å². The summed E-state index contributed by atoms with van der Waals surface area (Å²) in [7, 11) is 0. The zero-order valence-corrected chi connectivity index (χ0v) is 15.1.